The van der Waals surface area contributed by atoms with Crippen molar-refractivity contribution in [2.45, 2.75) is 25.0 Å². The maximum absolute atomic E-state index is 10.2. The van der Waals surface area contributed by atoms with E-state index in [0.29, 0.717) is 17.7 Å². The summed E-state index contributed by atoms with van der Waals surface area (Å²) in [6.45, 7) is 0. The number of hydrogen-bond acceptors (Lipinski definition) is 6. The number of benzene rings is 1. The summed E-state index contributed by atoms with van der Waals surface area (Å²) in [5, 5.41) is 48.5. The minimum absolute atomic E-state index is 0.123. The van der Waals surface area contributed by atoms with Gasteiger partial charge < -0.3 is 30.3 Å². The van der Waals surface area contributed by atoms with Gasteiger partial charge in [0.15, 0.2) is 11.5 Å². The SMILES string of the molecule is OC1=CCC([C@@H]2Oc3cc(O)cc(O)c3C[C@H]2O)C=C1O. The number of fused-ring (bicyclic) bond motifs is 1. The Bertz CT molecular complexity index is 633. The molecule has 0 saturated carbocycles. The molecule has 1 aliphatic heterocycles. The summed E-state index contributed by atoms with van der Waals surface area (Å²) in [5.41, 5.74) is 0.443. The van der Waals surface area contributed by atoms with Crippen LogP contribution in [0.5, 0.6) is 17.2 Å². The molecule has 0 aromatic heterocycles. The van der Waals surface area contributed by atoms with Gasteiger partial charge in [-0.3, -0.25) is 0 Å². The van der Waals surface area contributed by atoms with E-state index in [0.717, 1.165) is 0 Å². The molecule has 1 aliphatic carbocycles. The van der Waals surface area contributed by atoms with Gasteiger partial charge in [0.05, 0.1) is 6.10 Å². The number of ether oxygens (including phenoxy) is 1. The predicted octanol–water partition coefficient (Wildman–Crippen LogP) is 1.67. The van der Waals surface area contributed by atoms with E-state index in [4.69, 9.17) is 4.74 Å². The summed E-state index contributed by atoms with van der Waals surface area (Å²) in [4.78, 5) is 0. The summed E-state index contributed by atoms with van der Waals surface area (Å²) in [6, 6.07) is 2.58. The van der Waals surface area contributed by atoms with Crippen LogP contribution in [-0.4, -0.2) is 37.7 Å². The number of aromatic hydroxyl groups is 2. The molecule has 1 unspecified atom stereocenters. The van der Waals surface area contributed by atoms with E-state index in [1.54, 1.807) is 0 Å². The molecule has 0 amide bonds. The van der Waals surface area contributed by atoms with Crippen molar-refractivity contribution in [3.8, 4) is 17.2 Å². The molecule has 0 spiro atoms. The second-order valence-corrected chi connectivity index (χ2v) is 5.34. The number of hydrogen-bond donors (Lipinski definition) is 5. The average Bonchev–Trinajstić information content (AvgIpc) is 2.42. The van der Waals surface area contributed by atoms with Crippen LogP contribution in [0.1, 0.15) is 12.0 Å². The predicted molar refractivity (Wildman–Crippen MR) is 73.4 cm³/mol. The molecule has 0 saturated heterocycles. The van der Waals surface area contributed by atoms with E-state index >= 15 is 0 Å². The number of phenols is 2. The van der Waals surface area contributed by atoms with Gasteiger partial charge in [-0.05, 0) is 18.6 Å². The molecule has 1 aromatic rings. The molecular weight excluding hydrogens is 276 g/mol. The Labute approximate surface area is 120 Å². The normalized spacial score (nSPS) is 28.1. The minimum Gasteiger partial charge on any atom is -0.508 e. The fraction of sp³-hybridized carbons (Fsp3) is 0.333. The van der Waals surface area contributed by atoms with Crippen molar-refractivity contribution in [2.75, 3.05) is 0 Å². The van der Waals surface area contributed by atoms with Gasteiger partial charge in [0.2, 0.25) is 0 Å². The van der Waals surface area contributed by atoms with Crippen LogP contribution in [0.25, 0.3) is 0 Å². The second kappa shape index (κ2) is 4.89. The number of allylic oxidation sites excluding steroid dienone is 1. The monoisotopic (exact) mass is 292 g/mol. The van der Waals surface area contributed by atoms with Crippen molar-refractivity contribution in [2.24, 2.45) is 5.92 Å². The maximum atomic E-state index is 10.2. The standard InChI is InChI=1S/C15H16O6/c16-8-4-11(18)9-6-13(20)15(21-14(9)5-8)7-1-2-10(17)12(19)3-7/h2-5,7,13,15-20H,1,6H2/t7?,13-,15+/m1/s1. The van der Waals surface area contributed by atoms with Crippen LogP contribution in [0, 0.1) is 5.92 Å². The first kappa shape index (κ1) is 13.6. The van der Waals surface area contributed by atoms with Crippen molar-refractivity contribution in [3.63, 3.8) is 0 Å². The van der Waals surface area contributed by atoms with Crippen LogP contribution < -0.4 is 4.74 Å². The molecule has 0 bridgehead atoms. The molecule has 5 N–H and O–H groups in total. The third-order valence-corrected chi connectivity index (χ3v) is 3.87. The Morgan fingerprint density at radius 2 is 1.81 bits per heavy atom. The van der Waals surface area contributed by atoms with Crippen molar-refractivity contribution >= 4 is 0 Å². The van der Waals surface area contributed by atoms with Gasteiger partial charge in [-0.25, -0.2) is 0 Å². The van der Waals surface area contributed by atoms with E-state index in [9.17, 15) is 25.5 Å². The van der Waals surface area contributed by atoms with E-state index in [1.807, 2.05) is 0 Å². The largest absolute Gasteiger partial charge is 0.508 e. The number of rotatable bonds is 1. The lowest BCUT2D eigenvalue weighted by Crippen LogP contribution is -2.42. The highest BCUT2D eigenvalue weighted by Crippen LogP contribution is 2.40. The van der Waals surface area contributed by atoms with Crippen molar-refractivity contribution in [1.82, 2.24) is 0 Å². The van der Waals surface area contributed by atoms with Gasteiger partial charge in [-0.1, -0.05) is 0 Å². The summed E-state index contributed by atoms with van der Waals surface area (Å²) in [6.07, 6.45) is 2.01. The minimum atomic E-state index is -0.865. The molecule has 6 nitrogen and oxygen atoms in total. The fourth-order valence-electron chi connectivity index (χ4n) is 2.79. The molecule has 0 radical (unpaired) electrons. The maximum Gasteiger partial charge on any atom is 0.153 e. The van der Waals surface area contributed by atoms with Gasteiger partial charge in [-0.15, -0.1) is 0 Å². The summed E-state index contributed by atoms with van der Waals surface area (Å²) < 4.78 is 5.69. The van der Waals surface area contributed by atoms with Crippen molar-refractivity contribution < 1.29 is 30.3 Å². The topological polar surface area (TPSA) is 110 Å². The molecule has 112 valence electrons. The lowest BCUT2D eigenvalue weighted by Gasteiger charge is -2.35. The highest BCUT2D eigenvalue weighted by molar-refractivity contribution is 5.51. The Morgan fingerprint density at radius 1 is 1.05 bits per heavy atom. The number of aliphatic hydroxyl groups is 3. The lowest BCUT2D eigenvalue weighted by atomic mass is 9.86. The highest BCUT2D eigenvalue weighted by Gasteiger charge is 2.36. The number of phenolic OH excluding ortho intramolecular Hbond substituents is 2. The summed E-state index contributed by atoms with van der Waals surface area (Å²) in [5.74, 6) is -0.676. The van der Waals surface area contributed by atoms with Crippen molar-refractivity contribution in [1.29, 1.82) is 0 Å². The Morgan fingerprint density at radius 3 is 2.52 bits per heavy atom. The van der Waals surface area contributed by atoms with Gasteiger partial charge in [0.1, 0.15) is 23.4 Å². The van der Waals surface area contributed by atoms with Gasteiger partial charge in [0.25, 0.3) is 0 Å². The Balaban J connectivity index is 1.89. The molecule has 0 fully saturated rings. The van der Waals surface area contributed by atoms with Gasteiger partial charge in [0, 0.05) is 30.0 Å². The molecule has 2 aliphatic rings. The number of aliphatic hydroxyl groups excluding tert-OH is 3. The van der Waals surface area contributed by atoms with Gasteiger partial charge >= 0.3 is 0 Å². The summed E-state index contributed by atoms with van der Waals surface area (Å²) in [7, 11) is 0. The van der Waals surface area contributed by atoms with Crippen LogP contribution in [0.3, 0.4) is 0 Å². The molecule has 21 heavy (non-hydrogen) atoms. The Kier molecular flexibility index (Phi) is 3.17. The molecule has 3 rings (SSSR count). The molecule has 3 atom stereocenters. The molecular formula is C15H16O6. The van der Waals surface area contributed by atoms with E-state index in [2.05, 4.69) is 0 Å². The highest BCUT2D eigenvalue weighted by atomic mass is 16.5. The molecule has 1 heterocycles. The first-order valence-electron chi connectivity index (χ1n) is 6.65. The van der Waals surface area contributed by atoms with E-state index in [-0.39, 0.29) is 35.4 Å². The smallest absolute Gasteiger partial charge is 0.153 e. The second-order valence-electron chi connectivity index (χ2n) is 5.34. The van der Waals surface area contributed by atoms with Crippen LogP contribution in [0.15, 0.2) is 35.8 Å². The van der Waals surface area contributed by atoms with Gasteiger partial charge in [-0.2, -0.15) is 0 Å². The zero-order valence-electron chi connectivity index (χ0n) is 11.1. The quantitative estimate of drug-likeness (QED) is 0.538. The fourth-order valence-corrected chi connectivity index (χ4v) is 2.79. The average molecular weight is 292 g/mol. The zero-order chi connectivity index (χ0) is 15.1. The van der Waals surface area contributed by atoms with E-state index in [1.165, 1.54) is 24.3 Å². The van der Waals surface area contributed by atoms with E-state index < -0.39 is 12.2 Å². The van der Waals surface area contributed by atoms with Crippen LogP contribution in [-0.2, 0) is 6.42 Å². The third-order valence-electron chi connectivity index (χ3n) is 3.87. The molecule has 6 heteroatoms. The first-order chi connectivity index (χ1) is 9.95. The first-order valence-corrected chi connectivity index (χ1v) is 6.65. The lowest BCUT2D eigenvalue weighted by molar-refractivity contribution is -0.00315. The summed E-state index contributed by atoms with van der Waals surface area (Å²) >= 11 is 0. The van der Waals surface area contributed by atoms with Crippen molar-refractivity contribution in [3.05, 3.63) is 41.4 Å². The molecule has 1 aromatic carbocycles. The zero-order valence-corrected chi connectivity index (χ0v) is 11.1. The Hall–Kier alpha value is -2.34. The van der Waals surface area contributed by atoms with Crippen LogP contribution in [0.4, 0.5) is 0 Å². The van der Waals surface area contributed by atoms with Crippen LogP contribution in [0.2, 0.25) is 0 Å². The van der Waals surface area contributed by atoms with Crippen LogP contribution >= 0.6 is 0 Å². The third kappa shape index (κ3) is 2.38.